The van der Waals surface area contributed by atoms with E-state index in [4.69, 9.17) is 16.0 Å². The number of halogens is 2. The van der Waals surface area contributed by atoms with E-state index in [0.717, 1.165) is 16.8 Å². The van der Waals surface area contributed by atoms with E-state index in [1.807, 2.05) is 22.6 Å². The highest BCUT2D eigenvalue weighted by Crippen LogP contribution is 2.36. The third-order valence-corrected chi connectivity index (χ3v) is 8.17. The Morgan fingerprint density at radius 3 is 2.35 bits per heavy atom. The van der Waals surface area contributed by atoms with Crippen molar-refractivity contribution in [3.8, 4) is 11.3 Å². The van der Waals surface area contributed by atoms with Gasteiger partial charge in [-0.25, -0.2) is 16.8 Å². The topological polar surface area (TPSA) is 127 Å². The van der Waals surface area contributed by atoms with E-state index in [-0.39, 0.29) is 41.1 Å². The Morgan fingerprint density at radius 1 is 1.15 bits per heavy atom. The van der Waals surface area contributed by atoms with E-state index in [0.29, 0.717) is 32.4 Å². The van der Waals surface area contributed by atoms with Gasteiger partial charge in [-0.1, -0.05) is 11.6 Å². The van der Waals surface area contributed by atoms with Crippen molar-refractivity contribution in [1.29, 1.82) is 0 Å². The highest BCUT2D eigenvalue weighted by Gasteiger charge is 2.27. The van der Waals surface area contributed by atoms with Crippen molar-refractivity contribution >= 4 is 76.9 Å². The number of pyridine rings is 1. The average molecular weight is 640 g/mol. The van der Waals surface area contributed by atoms with Gasteiger partial charge in [0.25, 0.3) is 5.91 Å². The first-order valence-corrected chi connectivity index (χ1v) is 15.4. The Kier molecular flexibility index (Phi) is 8.15. The maximum Gasteiger partial charge on any atom is 0.255 e. The van der Waals surface area contributed by atoms with Crippen LogP contribution in [0.5, 0.6) is 0 Å². The molecule has 1 N–H and O–H groups in total. The Morgan fingerprint density at radius 2 is 1.79 bits per heavy atom. The molecule has 0 fully saturated rings. The number of sulfone groups is 1. The summed E-state index contributed by atoms with van der Waals surface area (Å²) < 4.78 is 55.5. The van der Waals surface area contributed by atoms with E-state index in [1.165, 1.54) is 7.05 Å². The summed E-state index contributed by atoms with van der Waals surface area (Å²) in [5, 5.41) is 3.56. The normalized spacial score (nSPS) is 12.1. The summed E-state index contributed by atoms with van der Waals surface area (Å²) in [6, 6.07) is 8.41. The van der Waals surface area contributed by atoms with Crippen LogP contribution in [-0.4, -0.2) is 59.6 Å². The zero-order valence-electron chi connectivity index (χ0n) is 18.6. The van der Waals surface area contributed by atoms with Crippen LogP contribution in [0, 0.1) is 3.57 Å². The molecule has 0 saturated carbocycles. The number of rotatable bonds is 9. The molecule has 0 aliphatic carbocycles. The molecule has 0 aliphatic heterocycles. The van der Waals surface area contributed by atoms with Gasteiger partial charge in [0, 0.05) is 36.2 Å². The molecule has 3 rings (SSSR count). The zero-order valence-corrected chi connectivity index (χ0v) is 23.2. The van der Waals surface area contributed by atoms with Gasteiger partial charge < -0.3 is 9.73 Å². The summed E-state index contributed by atoms with van der Waals surface area (Å²) in [7, 11) is -5.37. The average Bonchev–Trinajstić information content (AvgIpc) is 3.10. The number of carbonyl (C=O) groups excluding carboxylic acids is 1. The first kappa shape index (κ1) is 26.7. The lowest BCUT2D eigenvalue weighted by atomic mass is 10.1. The number of unbranched alkanes of at least 4 members (excludes halogenated alkanes) is 1. The molecule has 0 atom stereocenters. The second-order valence-electron chi connectivity index (χ2n) is 7.71. The standard InChI is InChI=1S/C21H23ClIN3O6S2/c1-24-20(27)17-15-12-16(23)19(26(34(3,30)31)10-4-5-11-33(2,28)29)25-21(15)32-18(17)13-6-8-14(22)9-7-13/h6-9,12H,4-5,10-11H2,1-3H3,(H,24,27). The molecule has 34 heavy (non-hydrogen) atoms. The van der Waals surface area contributed by atoms with Gasteiger partial charge in [0.15, 0.2) is 5.82 Å². The molecule has 1 amide bonds. The predicted molar refractivity (Wildman–Crippen MR) is 142 cm³/mol. The van der Waals surface area contributed by atoms with Gasteiger partial charge in [-0.3, -0.25) is 9.10 Å². The maximum absolute atomic E-state index is 12.7. The molecule has 1 aromatic carbocycles. The van der Waals surface area contributed by atoms with E-state index in [1.54, 1.807) is 30.3 Å². The van der Waals surface area contributed by atoms with Gasteiger partial charge in [-0.2, -0.15) is 4.98 Å². The molecule has 0 spiro atoms. The van der Waals surface area contributed by atoms with Crippen LogP contribution >= 0.6 is 34.2 Å². The van der Waals surface area contributed by atoms with Crippen molar-refractivity contribution in [2.45, 2.75) is 12.8 Å². The molecule has 0 radical (unpaired) electrons. The van der Waals surface area contributed by atoms with Gasteiger partial charge in [0.05, 0.1) is 20.8 Å². The van der Waals surface area contributed by atoms with Crippen LogP contribution in [-0.2, 0) is 19.9 Å². The number of amides is 1. The molecule has 2 heterocycles. The van der Waals surface area contributed by atoms with Crippen molar-refractivity contribution in [3.05, 3.63) is 44.5 Å². The third kappa shape index (κ3) is 6.20. The minimum absolute atomic E-state index is 0.0354. The number of aromatic nitrogens is 1. The van der Waals surface area contributed by atoms with Crippen LogP contribution < -0.4 is 9.62 Å². The molecule has 0 unspecified atom stereocenters. The number of hydrogen-bond acceptors (Lipinski definition) is 7. The van der Waals surface area contributed by atoms with Gasteiger partial charge >= 0.3 is 0 Å². The molecule has 3 aromatic rings. The molecule has 0 aliphatic rings. The predicted octanol–water partition coefficient (Wildman–Crippen LogP) is 3.70. The van der Waals surface area contributed by atoms with E-state index in [2.05, 4.69) is 10.3 Å². The number of fused-ring (bicyclic) bond motifs is 1. The Hall–Kier alpha value is -1.90. The number of benzene rings is 1. The summed E-state index contributed by atoms with van der Waals surface area (Å²) in [6.45, 7) is 0.0515. The molecule has 184 valence electrons. The van der Waals surface area contributed by atoms with Crippen LogP contribution in [0.15, 0.2) is 34.7 Å². The smallest absolute Gasteiger partial charge is 0.255 e. The number of anilines is 1. The SMILES string of the molecule is CNC(=O)c1c(-c2ccc(Cl)cc2)oc2nc(N(CCCCS(C)(=O)=O)S(C)(=O)=O)c(I)cc12. The molecule has 2 aromatic heterocycles. The van der Waals surface area contributed by atoms with Gasteiger partial charge in [0.2, 0.25) is 15.7 Å². The minimum atomic E-state index is -3.73. The lowest BCUT2D eigenvalue weighted by Gasteiger charge is -2.22. The molecular formula is C21H23ClIN3O6S2. The van der Waals surface area contributed by atoms with Crippen LogP contribution in [0.3, 0.4) is 0 Å². The number of carbonyl (C=O) groups is 1. The van der Waals surface area contributed by atoms with Crippen molar-refractivity contribution in [1.82, 2.24) is 10.3 Å². The molecule has 0 bridgehead atoms. The molecule has 0 saturated heterocycles. The van der Waals surface area contributed by atoms with Crippen molar-refractivity contribution in [2.24, 2.45) is 0 Å². The summed E-state index contributed by atoms with van der Waals surface area (Å²) in [5.74, 6) is 0.0156. The van der Waals surface area contributed by atoms with E-state index >= 15 is 0 Å². The molecule has 13 heteroatoms. The van der Waals surface area contributed by atoms with Crippen LogP contribution in [0.25, 0.3) is 22.4 Å². The summed E-state index contributed by atoms with van der Waals surface area (Å²) in [4.78, 5) is 17.2. The monoisotopic (exact) mass is 639 g/mol. The minimum Gasteiger partial charge on any atom is -0.437 e. The fraction of sp³-hybridized carbons (Fsp3) is 0.333. The summed E-state index contributed by atoms with van der Waals surface area (Å²) in [5.41, 5.74) is 0.984. The lowest BCUT2D eigenvalue weighted by molar-refractivity contribution is 0.0964. The highest BCUT2D eigenvalue weighted by molar-refractivity contribution is 14.1. The van der Waals surface area contributed by atoms with E-state index < -0.39 is 19.9 Å². The first-order valence-electron chi connectivity index (χ1n) is 10.1. The summed E-state index contributed by atoms with van der Waals surface area (Å²) >= 11 is 7.95. The zero-order chi connectivity index (χ0) is 25.3. The van der Waals surface area contributed by atoms with Crippen molar-refractivity contribution in [3.63, 3.8) is 0 Å². The number of nitrogens with zero attached hydrogens (tertiary/aromatic N) is 2. The fourth-order valence-corrected chi connectivity index (χ4v) is 6.02. The van der Waals surface area contributed by atoms with Crippen LogP contribution in [0.1, 0.15) is 23.2 Å². The molecule has 9 nitrogen and oxygen atoms in total. The Balaban J connectivity index is 2.10. The maximum atomic E-state index is 12.7. The lowest BCUT2D eigenvalue weighted by Crippen LogP contribution is -2.32. The quantitative estimate of drug-likeness (QED) is 0.280. The first-order chi connectivity index (χ1) is 15.8. The second kappa shape index (κ2) is 10.4. The number of sulfonamides is 1. The van der Waals surface area contributed by atoms with Crippen molar-refractivity contribution < 1.29 is 26.0 Å². The second-order valence-corrected chi connectivity index (χ2v) is 13.5. The highest BCUT2D eigenvalue weighted by atomic mass is 127. The van der Waals surface area contributed by atoms with E-state index in [9.17, 15) is 21.6 Å². The Labute approximate surface area is 217 Å². The largest absolute Gasteiger partial charge is 0.437 e. The van der Waals surface area contributed by atoms with Crippen molar-refractivity contribution in [2.75, 3.05) is 36.2 Å². The fourth-order valence-electron chi connectivity index (χ4n) is 3.37. The number of nitrogens with one attached hydrogen (secondary N) is 1. The third-order valence-electron chi connectivity index (χ3n) is 4.94. The number of hydrogen-bond donors (Lipinski definition) is 1. The summed E-state index contributed by atoms with van der Waals surface area (Å²) in [6.07, 6.45) is 2.83. The van der Waals surface area contributed by atoms with Gasteiger partial charge in [0.1, 0.15) is 15.6 Å². The van der Waals surface area contributed by atoms with Gasteiger partial charge in [-0.05, 0) is 65.8 Å². The number of furan rings is 1. The Bertz CT molecular complexity index is 1440. The van der Waals surface area contributed by atoms with Crippen LogP contribution in [0.2, 0.25) is 5.02 Å². The molecular weight excluding hydrogens is 617 g/mol. The van der Waals surface area contributed by atoms with Crippen LogP contribution in [0.4, 0.5) is 5.82 Å². The van der Waals surface area contributed by atoms with Gasteiger partial charge in [-0.15, -0.1) is 0 Å².